The monoisotopic (exact) mass is 273 g/mol. The Morgan fingerprint density at radius 2 is 2.00 bits per heavy atom. The fourth-order valence-corrected chi connectivity index (χ4v) is 2.93. The fraction of sp³-hybridized carbons (Fsp3) is 0.571. The van der Waals surface area contributed by atoms with Gasteiger partial charge in [0, 0.05) is 11.1 Å². The van der Waals surface area contributed by atoms with Gasteiger partial charge in [0.25, 0.3) is 0 Å². The molecule has 0 spiro atoms. The van der Waals surface area contributed by atoms with Crippen LogP contribution in [-0.2, 0) is 5.54 Å². The molecule has 2 nitrogen and oxygen atoms in total. The van der Waals surface area contributed by atoms with Crippen LogP contribution in [0.1, 0.15) is 38.2 Å². The second kappa shape index (κ2) is 5.04. The standard InChI is InChI=1S/C14H18F3NO/c1-10-5-4-8-13(18,9-10)11-6-2-3-7-12(11)19-14(15,16)17/h2-3,6-7,10H,4-5,8-9,18H2,1H3. The van der Waals surface area contributed by atoms with Crippen molar-refractivity contribution in [1.29, 1.82) is 0 Å². The number of nitrogens with two attached hydrogens (primary N) is 1. The maximum Gasteiger partial charge on any atom is 0.573 e. The van der Waals surface area contributed by atoms with Gasteiger partial charge in [-0.05, 0) is 24.8 Å². The zero-order chi connectivity index (χ0) is 14.1. The van der Waals surface area contributed by atoms with Crippen LogP contribution in [0.2, 0.25) is 0 Å². The summed E-state index contributed by atoms with van der Waals surface area (Å²) in [6.45, 7) is 2.08. The van der Waals surface area contributed by atoms with Crippen molar-refractivity contribution in [3.63, 3.8) is 0 Å². The molecule has 0 bridgehead atoms. The molecule has 5 heteroatoms. The number of para-hydroxylation sites is 1. The van der Waals surface area contributed by atoms with Gasteiger partial charge in [-0.1, -0.05) is 38.0 Å². The quantitative estimate of drug-likeness (QED) is 0.885. The van der Waals surface area contributed by atoms with Crippen LogP contribution in [0.3, 0.4) is 0 Å². The maximum absolute atomic E-state index is 12.4. The molecular formula is C14H18F3NO. The van der Waals surface area contributed by atoms with Crippen molar-refractivity contribution in [2.75, 3.05) is 0 Å². The molecule has 2 N–H and O–H groups in total. The average molecular weight is 273 g/mol. The molecule has 2 atom stereocenters. The van der Waals surface area contributed by atoms with Crippen molar-refractivity contribution in [2.45, 2.75) is 44.5 Å². The summed E-state index contributed by atoms with van der Waals surface area (Å²) in [6, 6.07) is 6.20. The summed E-state index contributed by atoms with van der Waals surface area (Å²) in [5, 5.41) is 0. The molecule has 0 radical (unpaired) electrons. The van der Waals surface area contributed by atoms with Crippen molar-refractivity contribution in [3.05, 3.63) is 29.8 Å². The molecule has 1 saturated carbocycles. The van der Waals surface area contributed by atoms with E-state index in [1.807, 2.05) is 0 Å². The normalized spacial score (nSPS) is 28.2. The third-order valence-electron chi connectivity index (χ3n) is 3.68. The number of rotatable bonds is 2. The number of ether oxygens (including phenoxy) is 1. The number of benzene rings is 1. The molecule has 1 aliphatic rings. The van der Waals surface area contributed by atoms with E-state index in [1.54, 1.807) is 12.1 Å². The Morgan fingerprint density at radius 1 is 1.32 bits per heavy atom. The Labute approximate surface area is 110 Å². The summed E-state index contributed by atoms with van der Waals surface area (Å²) in [6.07, 6.45) is -1.31. The van der Waals surface area contributed by atoms with E-state index in [0.717, 1.165) is 12.8 Å². The van der Waals surface area contributed by atoms with Crippen molar-refractivity contribution < 1.29 is 17.9 Å². The van der Waals surface area contributed by atoms with Gasteiger partial charge in [-0.2, -0.15) is 0 Å². The van der Waals surface area contributed by atoms with Crippen LogP contribution >= 0.6 is 0 Å². The summed E-state index contributed by atoms with van der Waals surface area (Å²) >= 11 is 0. The van der Waals surface area contributed by atoms with Gasteiger partial charge in [-0.15, -0.1) is 13.2 Å². The van der Waals surface area contributed by atoms with Crippen molar-refractivity contribution in [2.24, 2.45) is 11.7 Å². The zero-order valence-corrected chi connectivity index (χ0v) is 10.8. The first-order chi connectivity index (χ1) is 8.80. The van der Waals surface area contributed by atoms with E-state index >= 15 is 0 Å². The van der Waals surface area contributed by atoms with Crippen LogP contribution in [0, 0.1) is 5.92 Å². The molecular weight excluding hydrogens is 255 g/mol. The highest BCUT2D eigenvalue weighted by molar-refractivity contribution is 5.39. The highest BCUT2D eigenvalue weighted by Crippen LogP contribution is 2.42. The summed E-state index contributed by atoms with van der Waals surface area (Å²) in [4.78, 5) is 0. The Bertz CT molecular complexity index is 447. The SMILES string of the molecule is CC1CCCC(N)(c2ccccc2OC(F)(F)F)C1. The lowest BCUT2D eigenvalue weighted by Crippen LogP contribution is -2.41. The Balaban J connectivity index is 2.33. The molecule has 1 aromatic carbocycles. The van der Waals surface area contributed by atoms with E-state index in [9.17, 15) is 13.2 Å². The van der Waals surface area contributed by atoms with Crippen LogP contribution < -0.4 is 10.5 Å². The molecule has 106 valence electrons. The highest BCUT2D eigenvalue weighted by Gasteiger charge is 2.38. The van der Waals surface area contributed by atoms with Gasteiger partial charge < -0.3 is 10.5 Å². The minimum absolute atomic E-state index is 0.174. The van der Waals surface area contributed by atoms with Gasteiger partial charge in [0.2, 0.25) is 0 Å². The molecule has 0 aromatic heterocycles. The third kappa shape index (κ3) is 3.41. The first-order valence-electron chi connectivity index (χ1n) is 6.44. The molecule has 2 unspecified atom stereocenters. The molecule has 0 saturated heterocycles. The number of alkyl halides is 3. The minimum atomic E-state index is -4.69. The van der Waals surface area contributed by atoms with E-state index in [1.165, 1.54) is 12.1 Å². The predicted octanol–water partition coefficient (Wildman–Crippen LogP) is 3.95. The van der Waals surface area contributed by atoms with E-state index < -0.39 is 11.9 Å². The Kier molecular flexibility index (Phi) is 3.76. The molecule has 2 rings (SSSR count). The molecule has 0 heterocycles. The lowest BCUT2D eigenvalue weighted by atomic mass is 9.73. The summed E-state index contributed by atoms with van der Waals surface area (Å²) in [7, 11) is 0. The lowest BCUT2D eigenvalue weighted by molar-refractivity contribution is -0.275. The van der Waals surface area contributed by atoms with Crippen LogP contribution in [-0.4, -0.2) is 6.36 Å². The van der Waals surface area contributed by atoms with Gasteiger partial charge >= 0.3 is 6.36 Å². The molecule has 0 amide bonds. The first-order valence-corrected chi connectivity index (χ1v) is 6.44. The van der Waals surface area contributed by atoms with Gasteiger partial charge in [0.1, 0.15) is 5.75 Å². The summed E-state index contributed by atoms with van der Waals surface area (Å²) in [5.74, 6) is 0.240. The van der Waals surface area contributed by atoms with Gasteiger partial charge in [-0.3, -0.25) is 0 Å². The number of hydrogen-bond acceptors (Lipinski definition) is 2. The number of halogens is 3. The Morgan fingerprint density at radius 3 is 2.63 bits per heavy atom. The largest absolute Gasteiger partial charge is 0.573 e. The molecule has 1 aromatic rings. The molecule has 19 heavy (non-hydrogen) atoms. The van der Waals surface area contributed by atoms with E-state index in [-0.39, 0.29) is 5.75 Å². The lowest BCUT2D eigenvalue weighted by Gasteiger charge is -2.38. The predicted molar refractivity (Wildman–Crippen MR) is 66.6 cm³/mol. The van der Waals surface area contributed by atoms with Gasteiger partial charge in [-0.25, -0.2) is 0 Å². The van der Waals surface area contributed by atoms with Crippen molar-refractivity contribution in [3.8, 4) is 5.75 Å². The second-order valence-electron chi connectivity index (χ2n) is 5.40. The van der Waals surface area contributed by atoms with Crippen molar-refractivity contribution >= 4 is 0 Å². The number of hydrogen-bond donors (Lipinski definition) is 1. The molecule has 0 aliphatic heterocycles. The second-order valence-corrected chi connectivity index (χ2v) is 5.40. The Hall–Kier alpha value is -1.23. The maximum atomic E-state index is 12.4. The van der Waals surface area contributed by atoms with E-state index in [4.69, 9.17) is 5.73 Å². The smallest absolute Gasteiger partial charge is 0.405 e. The van der Waals surface area contributed by atoms with E-state index in [0.29, 0.717) is 24.3 Å². The summed E-state index contributed by atoms with van der Waals surface area (Å²) in [5.41, 5.74) is 6.08. The first kappa shape index (κ1) is 14.2. The van der Waals surface area contributed by atoms with Gasteiger partial charge in [0.05, 0.1) is 0 Å². The fourth-order valence-electron chi connectivity index (χ4n) is 2.93. The topological polar surface area (TPSA) is 35.2 Å². The van der Waals surface area contributed by atoms with Crippen LogP contribution in [0.4, 0.5) is 13.2 Å². The van der Waals surface area contributed by atoms with Crippen LogP contribution in [0.25, 0.3) is 0 Å². The molecule has 1 aliphatic carbocycles. The average Bonchev–Trinajstić information content (AvgIpc) is 2.27. The summed E-state index contributed by atoms with van der Waals surface area (Å²) < 4.78 is 41.4. The third-order valence-corrected chi connectivity index (χ3v) is 3.68. The van der Waals surface area contributed by atoms with E-state index in [2.05, 4.69) is 11.7 Å². The zero-order valence-electron chi connectivity index (χ0n) is 10.8. The van der Waals surface area contributed by atoms with Crippen molar-refractivity contribution in [1.82, 2.24) is 0 Å². The minimum Gasteiger partial charge on any atom is -0.405 e. The molecule has 1 fully saturated rings. The highest BCUT2D eigenvalue weighted by atomic mass is 19.4. The van der Waals surface area contributed by atoms with Crippen LogP contribution in [0.5, 0.6) is 5.75 Å². The van der Waals surface area contributed by atoms with Gasteiger partial charge in [0.15, 0.2) is 0 Å². The van der Waals surface area contributed by atoms with Crippen LogP contribution in [0.15, 0.2) is 24.3 Å².